The molecule has 0 saturated carbocycles. The Kier molecular flexibility index (Phi) is 5.48. The molecule has 32 heavy (non-hydrogen) atoms. The Labute approximate surface area is 183 Å². The van der Waals surface area contributed by atoms with Crippen molar-refractivity contribution < 1.29 is 28.2 Å². The number of halogens is 2. The van der Waals surface area contributed by atoms with E-state index in [9.17, 15) is 23.5 Å². The second-order valence-electron chi connectivity index (χ2n) is 7.35. The Balaban J connectivity index is 2.00. The minimum absolute atomic E-state index is 0.150. The molecule has 0 bridgehead atoms. The molecule has 162 valence electrons. The summed E-state index contributed by atoms with van der Waals surface area (Å²) in [5.41, 5.74) is 0.828. The average Bonchev–Trinajstić information content (AvgIpc) is 3.05. The van der Waals surface area contributed by atoms with Crippen LogP contribution in [0.15, 0.2) is 72.3 Å². The number of aliphatic hydroxyl groups excluding tert-OH is 1. The first-order valence-electron chi connectivity index (χ1n) is 9.79. The van der Waals surface area contributed by atoms with Crippen LogP contribution in [0.5, 0.6) is 5.75 Å². The molecular weight excluding hydrogens is 416 g/mol. The highest BCUT2D eigenvalue weighted by Crippen LogP contribution is 2.44. The number of ether oxygens (including phenoxy) is 1. The van der Waals surface area contributed by atoms with E-state index in [2.05, 4.69) is 0 Å². The van der Waals surface area contributed by atoms with Gasteiger partial charge in [0.05, 0.1) is 18.7 Å². The van der Waals surface area contributed by atoms with Gasteiger partial charge in [0.15, 0.2) is 0 Å². The van der Waals surface area contributed by atoms with Gasteiger partial charge in [0.25, 0.3) is 11.7 Å². The lowest BCUT2D eigenvalue weighted by atomic mass is 9.94. The van der Waals surface area contributed by atoms with Crippen molar-refractivity contribution in [2.45, 2.75) is 13.0 Å². The smallest absolute Gasteiger partial charge is 0.300 e. The van der Waals surface area contributed by atoms with Gasteiger partial charge in [-0.3, -0.25) is 14.5 Å². The summed E-state index contributed by atoms with van der Waals surface area (Å²) in [4.78, 5) is 27.3. The van der Waals surface area contributed by atoms with Gasteiger partial charge in [0.1, 0.15) is 23.1 Å². The molecule has 1 unspecified atom stereocenters. The quantitative estimate of drug-likeness (QED) is 0.359. The SMILES string of the molecule is COc1ccccc1C1/C(=C(\O)c2ccc(F)c(C)c2)C(=O)C(=O)N1c1cccc(F)c1. The van der Waals surface area contributed by atoms with Crippen LogP contribution in [0.2, 0.25) is 0 Å². The number of amides is 1. The molecule has 0 spiro atoms. The van der Waals surface area contributed by atoms with Crippen LogP contribution in [0.4, 0.5) is 14.5 Å². The number of para-hydroxylation sites is 1. The molecule has 0 radical (unpaired) electrons. The van der Waals surface area contributed by atoms with Crippen LogP contribution in [0.3, 0.4) is 0 Å². The number of nitrogens with zero attached hydrogens (tertiary/aromatic N) is 1. The summed E-state index contributed by atoms with van der Waals surface area (Å²) in [6.45, 7) is 1.52. The van der Waals surface area contributed by atoms with Gasteiger partial charge in [-0.05, 0) is 55.0 Å². The lowest BCUT2D eigenvalue weighted by molar-refractivity contribution is -0.132. The summed E-state index contributed by atoms with van der Waals surface area (Å²) in [5.74, 6) is -3.00. The third-order valence-electron chi connectivity index (χ3n) is 5.40. The Morgan fingerprint density at radius 3 is 2.44 bits per heavy atom. The summed E-state index contributed by atoms with van der Waals surface area (Å²) in [5, 5.41) is 11.1. The first kappa shape index (κ1) is 21.2. The normalized spacial score (nSPS) is 17.6. The van der Waals surface area contributed by atoms with Crippen molar-refractivity contribution >= 4 is 23.1 Å². The number of methoxy groups -OCH3 is 1. The van der Waals surface area contributed by atoms with E-state index in [1.165, 1.54) is 50.4 Å². The Morgan fingerprint density at radius 2 is 1.75 bits per heavy atom. The van der Waals surface area contributed by atoms with Crippen molar-refractivity contribution in [3.05, 3.63) is 101 Å². The lowest BCUT2D eigenvalue weighted by Gasteiger charge is -2.26. The van der Waals surface area contributed by atoms with E-state index in [0.717, 1.165) is 11.0 Å². The summed E-state index contributed by atoms with van der Waals surface area (Å²) < 4.78 is 33.2. The lowest BCUT2D eigenvalue weighted by Crippen LogP contribution is -2.29. The van der Waals surface area contributed by atoms with E-state index >= 15 is 0 Å². The molecule has 5 nitrogen and oxygen atoms in total. The highest BCUT2D eigenvalue weighted by Gasteiger charge is 2.48. The maximum Gasteiger partial charge on any atom is 0.300 e. The molecule has 1 fully saturated rings. The summed E-state index contributed by atoms with van der Waals surface area (Å²) in [7, 11) is 1.44. The molecule has 1 aliphatic heterocycles. The third-order valence-corrected chi connectivity index (χ3v) is 5.40. The van der Waals surface area contributed by atoms with Gasteiger partial charge in [0, 0.05) is 16.8 Å². The van der Waals surface area contributed by atoms with Crippen molar-refractivity contribution in [2.75, 3.05) is 12.0 Å². The molecule has 3 aromatic carbocycles. The van der Waals surface area contributed by atoms with Crippen LogP contribution in [-0.2, 0) is 9.59 Å². The number of rotatable bonds is 4. The molecule has 1 amide bonds. The van der Waals surface area contributed by atoms with Crippen molar-refractivity contribution in [1.29, 1.82) is 0 Å². The number of anilines is 1. The largest absolute Gasteiger partial charge is 0.507 e. The molecule has 1 N–H and O–H groups in total. The maximum atomic E-state index is 14.0. The summed E-state index contributed by atoms with van der Waals surface area (Å²) in [6.07, 6.45) is 0. The standard InChI is InChI=1S/C25H19F2NO4/c1-14-12-15(10-11-19(14)27)23(29)21-22(18-8-3-4-9-20(18)32-2)28(25(31)24(21)30)17-7-5-6-16(26)13-17/h3-13,22,29H,1-2H3/b23-21+. The van der Waals surface area contributed by atoms with Crippen LogP contribution in [0.25, 0.3) is 5.76 Å². The zero-order valence-corrected chi connectivity index (χ0v) is 17.3. The number of aryl methyl sites for hydroxylation is 1. The maximum absolute atomic E-state index is 14.0. The number of hydrogen-bond donors (Lipinski definition) is 1. The van der Waals surface area contributed by atoms with E-state index < -0.39 is 35.1 Å². The van der Waals surface area contributed by atoms with Crippen LogP contribution < -0.4 is 9.64 Å². The monoisotopic (exact) mass is 435 g/mol. The number of Topliss-reactive ketones (excluding diaryl/α,β-unsaturated/α-hetero) is 1. The molecular formula is C25H19F2NO4. The van der Waals surface area contributed by atoms with Crippen molar-refractivity contribution in [3.8, 4) is 5.75 Å². The first-order valence-corrected chi connectivity index (χ1v) is 9.79. The van der Waals surface area contributed by atoms with Gasteiger partial charge in [0.2, 0.25) is 0 Å². The molecule has 1 atom stereocenters. The molecule has 1 saturated heterocycles. The molecule has 1 heterocycles. The zero-order valence-electron chi connectivity index (χ0n) is 17.3. The van der Waals surface area contributed by atoms with Crippen LogP contribution >= 0.6 is 0 Å². The third kappa shape index (κ3) is 3.51. The van der Waals surface area contributed by atoms with E-state index in [-0.39, 0.29) is 22.4 Å². The van der Waals surface area contributed by atoms with Gasteiger partial charge in [-0.2, -0.15) is 0 Å². The Bertz CT molecular complexity index is 1270. The molecule has 1 aliphatic rings. The van der Waals surface area contributed by atoms with Gasteiger partial charge >= 0.3 is 0 Å². The molecule has 4 rings (SSSR count). The van der Waals surface area contributed by atoms with Crippen molar-refractivity contribution in [1.82, 2.24) is 0 Å². The first-order chi connectivity index (χ1) is 15.3. The summed E-state index contributed by atoms with van der Waals surface area (Å²) in [6, 6.07) is 14.8. The fourth-order valence-corrected chi connectivity index (χ4v) is 3.86. The number of benzene rings is 3. The van der Waals surface area contributed by atoms with Gasteiger partial charge in [-0.15, -0.1) is 0 Å². The van der Waals surface area contributed by atoms with Gasteiger partial charge in [-0.1, -0.05) is 24.3 Å². The minimum Gasteiger partial charge on any atom is -0.507 e. The second-order valence-corrected chi connectivity index (χ2v) is 7.35. The van der Waals surface area contributed by atoms with E-state index in [1.807, 2.05) is 0 Å². The molecule has 0 aliphatic carbocycles. The Morgan fingerprint density at radius 1 is 1.00 bits per heavy atom. The number of aliphatic hydroxyl groups is 1. The number of carbonyl (C=O) groups is 2. The highest BCUT2D eigenvalue weighted by molar-refractivity contribution is 6.51. The number of carbonyl (C=O) groups excluding carboxylic acids is 2. The highest BCUT2D eigenvalue weighted by atomic mass is 19.1. The molecule has 7 heteroatoms. The van der Waals surface area contributed by atoms with Crippen molar-refractivity contribution in [2.24, 2.45) is 0 Å². The predicted molar refractivity (Wildman–Crippen MR) is 115 cm³/mol. The number of ketones is 1. The molecule has 3 aromatic rings. The van der Waals surface area contributed by atoms with E-state index in [4.69, 9.17) is 4.74 Å². The Hall–Kier alpha value is -4.00. The number of hydrogen-bond acceptors (Lipinski definition) is 4. The topological polar surface area (TPSA) is 66.8 Å². The average molecular weight is 435 g/mol. The zero-order chi connectivity index (χ0) is 23.0. The van der Waals surface area contributed by atoms with Crippen LogP contribution in [-0.4, -0.2) is 23.9 Å². The fraction of sp³-hybridized carbons (Fsp3) is 0.120. The van der Waals surface area contributed by atoms with Crippen LogP contribution in [0, 0.1) is 18.6 Å². The summed E-state index contributed by atoms with van der Waals surface area (Å²) >= 11 is 0. The van der Waals surface area contributed by atoms with Gasteiger partial charge < -0.3 is 9.84 Å². The molecule has 0 aromatic heterocycles. The van der Waals surface area contributed by atoms with Crippen molar-refractivity contribution in [3.63, 3.8) is 0 Å². The van der Waals surface area contributed by atoms with Gasteiger partial charge in [-0.25, -0.2) is 8.78 Å². The van der Waals surface area contributed by atoms with Crippen LogP contribution in [0.1, 0.15) is 22.7 Å². The van der Waals surface area contributed by atoms with E-state index in [1.54, 1.807) is 24.3 Å². The minimum atomic E-state index is -1.08. The van der Waals surface area contributed by atoms with E-state index in [0.29, 0.717) is 11.3 Å². The fourth-order valence-electron chi connectivity index (χ4n) is 3.86. The predicted octanol–water partition coefficient (Wildman–Crippen LogP) is 4.91. The second kappa shape index (κ2) is 8.26.